The van der Waals surface area contributed by atoms with Crippen molar-refractivity contribution in [2.45, 2.75) is 5.92 Å². The van der Waals surface area contributed by atoms with E-state index in [-0.39, 0.29) is 0 Å². The van der Waals surface area contributed by atoms with Crippen LogP contribution in [0.15, 0.2) is 67.1 Å². The highest BCUT2D eigenvalue weighted by Gasteiger charge is 2.29. The lowest BCUT2D eigenvalue weighted by atomic mass is 9.88. The molecule has 2 aromatic heterocycles. The minimum atomic E-state index is 0.356. The van der Waals surface area contributed by atoms with Crippen LogP contribution in [-0.2, 0) is 0 Å². The second-order valence-electron chi connectivity index (χ2n) is 7.37. The van der Waals surface area contributed by atoms with Crippen molar-refractivity contribution in [3.05, 3.63) is 83.8 Å². The standard InChI is InChI=1S/C24H16N6/c25-9-18-5-4-17(6-19(18)10-26)22-14-30(15-22)23-3-1-2-16(8-23)20-7-21-12-28-29-13-24(21)27-11-20/h1-8,11-13,22H,14-15H2. The molecule has 5 rings (SSSR count). The van der Waals surface area contributed by atoms with Gasteiger partial charge in [-0.1, -0.05) is 18.2 Å². The Labute approximate surface area is 173 Å². The van der Waals surface area contributed by atoms with E-state index in [2.05, 4.69) is 62.6 Å². The maximum Gasteiger partial charge on any atom is 0.101 e. The molecule has 3 heterocycles. The molecule has 0 amide bonds. The lowest BCUT2D eigenvalue weighted by Crippen LogP contribution is -2.45. The molecule has 0 bridgehead atoms. The van der Waals surface area contributed by atoms with Gasteiger partial charge in [0.25, 0.3) is 0 Å². The molecule has 30 heavy (non-hydrogen) atoms. The first-order chi connectivity index (χ1) is 14.7. The van der Waals surface area contributed by atoms with Gasteiger partial charge in [0.2, 0.25) is 0 Å². The van der Waals surface area contributed by atoms with Gasteiger partial charge in [0.15, 0.2) is 0 Å². The molecule has 0 N–H and O–H groups in total. The highest BCUT2D eigenvalue weighted by molar-refractivity contribution is 5.82. The molecule has 6 heteroatoms. The molecule has 0 radical (unpaired) electrons. The topological polar surface area (TPSA) is 89.5 Å². The quantitative estimate of drug-likeness (QED) is 0.526. The van der Waals surface area contributed by atoms with Crippen LogP contribution in [0.3, 0.4) is 0 Å². The minimum Gasteiger partial charge on any atom is -0.370 e. The predicted octanol–water partition coefficient (Wildman–Crippen LogP) is 4.04. The van der Waals surface area contributed by atoms with Crippen LogP contribution in [0.2, 0.25) is 0 Å². The van der Waals surface area contributed by atoms with Gasteiger partial charge in [-0.25, -0.2) is 0 Å². The number of nitrogens with zero attached hydrogens (tertiary/aromatic N) is 6. The molecule has 0 spiro atoms. The molecule has 1 aliphatic rings. The molecule has 0 unspecified atom stereocenters. The van der Waals surface area contributed by atoms with Gasteiger partial charge in [-0.15, -0.1) is 0 Å². The van der Waals surface area contributed by atoms with E-state index in [9.17, 15) is 5.26 Å². The van der Waals surface area contributed by atoms with Crippen molar-refractivity contribution >= 4 is 16.6 Å². The summed E-state index contributed by atoms with van der Waals surface area (Å²) in [6.45, 7) is 1.76. The summed E-state index contributed by atoms with van der Waals surface area (Å²) in [7, 11) is 0. The third-order valence-corrected chi connectivity index (χ3v) is 5.58. The number of hydrogen-bond donors (Lipinski definition) is 0. The molecular formula is C24H16N6. The molecule has 1 saturated heterocycles. The third kappa shape index (κ3) is 3.11. The minimum absolute atomic E-state index is 0.356. The fourth-order valence-corrected chi connectivity index (χ4v) is 3.83. The zero-order chi connectivity index (χ0) is 20.5. The van der Waals surface area contributed by atoms with E-state index in [1.54, 1.807) is 18.5 Å². The highest BCUT2D eigenvalue weighted by Crippen LogP contribution is 2.34. The van der Waals surface area contributed by atoms with E-state index in [0.717, 1.165) is 46.4 Å². The van der Waals surface area contributed by atoms with Crippen LogP contribution in [0.4, 0.5) is 5.69 Å². The maximum atomic E-state index is 9.26. The molecule has 0 saturated carbocycles. The smallest absolute Gasteiger partial charge is 0.101 e. The van der Waals surface area contributed by atoms with Crippen molar-refractivity contribution in [2.24, 2.45) is 0 Å². The summed E-state index contributed by atoms with van der Waals surface area (Å²) in [5.74, 6) is 0.356. The normalized spacial score (nSPS) is 13.5. The lowest BCUT2D eigenvalue weighted by Gasteiger charge is -2.41. The van der Waals surface area contributed by atoms with Gasteiger partial charge >= 0.3 is 0 Å². The van der Waals surface area contributed by atoms with Crippen molar-refractivity contribution in [3.63, 3.8) is 0 Å². The second kappa shape index (κ2) is 7.27. The van der Waals surface area contributed by atoms with E-state index in [4.69, 9.17) is 5.26 Å². The fourth-order valence-electron chi connectivity index (χ4n) is 3.83. The summed E-state index contributed by atoms with van der Waals surface area (Å²) < 4.78 is 0. The lowest BCUT2D eigenvalue weighted by molar-refractivity contribution is 0.525. The second-order valence-corrected chi connectivity index (χ2v) is 7.37. The molecular weight excluding hydrogens is 372 g/mol. The first-order valence-corrected chi connectivity index (χ1v) is 9.61. The number of benzene rings is 2. The van der Waals surface area contributed by atoms with Crippen LogP contribution in [0.5, 0.6) is 0 Å². The first kappa shape index (κ1) is 17.8. The Morgan fingerprint density at radius 3 is 2.50 bits per heavy atom. The van der Waals surface area contributed by atoms with Gasteiger partial charge in [0.05, 0.1) is 29.0 Å². The largest absolute Gasteiger partial charge is 0.370 e. The Morgan fingerprint density at radius 2 is 1.67 bits per heavy atom. The number of nitriles is 2. The van der Waals surface area contributed by atoms with Gasteiger partial charge in [-0.05, 0) is 41.5 Å². The predicted molar refractivity (Wildman–Crippen MR) is 114 cm³/mol. The number of pyridine rings is 1. The summed E-state index contributed by atoms with van der Waals surface area (Å²) in [4.78, 5) is 6.80. The van der Waals surface area contributed by atoms with Crippen LogP contribution >= 0.6 is 0 Å². The van der Waals surface area contributed by atoms with Gasteiger partial charge in [0.1, 0.15) is 12.1 Å². The molecule has 1 fully saturated rings. The van der Waals surface area contributed by atoms with Crippen molar-refractivity contribution in [2.75, 3.05) is 18.0 Å². The maximum absolute atomic E-state index is 9.26. The van der Waals surface area contributed by atoms with Crippen LogP contribution in [-0.4, -0.2) is 28.3 Å². The summed E-state index contributed by atoms with van der Waals surface area (Å²) in [6.07, 6.45) is 5.25. The zero-order valence-corrected chi connectivity index (χ0v) is 16.0. The molecule has 6 nitrogen and oxygen atoms in total. The summed E-state index contributed by atoms with van der Waals surface area (Å²) in [5, 5.41) is 27.1. The van der Waals surface area contributed by atoms with Gasteiger partial charge < -0.3 is 4.90 Å². The van der Waals surface area contributed by atoms with Crippen LogP contribution in [0, 0.1) is 22.7 Å². The monoisotopic (exact) mass is 388 g/mol. The van der Waals surface area contributed by atoms with Crippen LogP contribution in [0.1, 0.15) is 22.6 Å². The van der Waals surface area contributed by atoms with E-state index >= 15 is 0 Å². The Bertz CT molecular complexity index is 1340. The fraction of sp³-hybridized carbons (Fsp3) is 0.125. The molecule has 2 aromatic carbocycles. The molecule has 1 aliphatic heterocycles. The number of hydrogen-bond acceptors (Lipinski definition) is 6. The van der Waals surface area contributed by atoms with Crippen molar-refractivity contribution < 1.29 is 0 Å². The Morgan fingerprint density at radius 1 is 0.833 bits per heavy atom. The van der Waals surface area contributed by atoms with Crippen molar-refractivity contribution in [1.29, 1.82) is 10.5 Å². The molecule has 142 valence electrons. The first-order valence-electron chi connectivity index (χ1n) is 9.61. The zero-order valence-electron chi connectivity index (χ0n) is 16.0. The number of fused-ring (bicyclic) bond motifs is 1. The Balaban J connectivity index is 1.36. The third-order valence-electron chi connectivity index (χ3n) is 5.58. The molecule has 4 aromatic rings. The van der Waals surface area contributed by atoms with Gasteiger partial charge in [-0.3, -0.25) is 4.98 Å². The summed E-state index contributed by atoms with van der Waals surface area (Å²) in [5.41, 5.74) is 6.12. The Hall–Kier alpha value is -4.29. The number of aromatic nitrogens is 3. The average molecular weight is 388 g/mol. The summed E-state index contributed by atoms with van der Waals surface area (Å²) >= 11 is 0. The van der Waals surface area contributed by atoms with E-state index in [1.165, 1.54) is 0 Å². The SMILES string of the molecule is N#Cc1ccc(C2CN(c3cccc(-c4cnc5cnncc5c4)c3)C2)cc1C#N. The van der Waals surface area contributed by atoms with E-state index < -0.39 is 0 Å². The number of rotatable bonds is 3. The average Bonchev–Trinajstić information content (AvgIpc) is 2.78. The van der Waals surface area contributed by atoms with Crippen molar-refractivity contribution in [1.82, 2.24) is 15.2 Å². The van der Waals surface area contributed by atoms with Gasteiger partial charge in [-0.2, -0.15) is 20.7 Å². The van der Waals surface area contributed by atoms with E-state index in [0.29, 0.717) is 17.0 Å². The number of anilines is 1. The van der Waals surface area contributed by atoms with Crippen LogP contribution < -0.4 is 4.90 Å². The Kier molecular flexibility index (Phi) is 4.31. The van der Waals surface area contributed by atoms with E-state index in [1.807, 2.05) is 18.3 Å². The molecule has 0 aliphatic carbocycles. The van der Waals surface area contributed by atoms with Gasteiger partial charge in [0, 0.05) is 41.8 Å². The molecule has 0 atom stereocenters. The summed E-state index contributed by atoms with van der Waals surface area (Å²) in [6, 6.07) is 20.2. The van der Waals surface area contributed by atoms with Crippen molar-refractivity contribution in [3.8, 4) is 23.3 Å². The highest BCUT2D eigenvalue weighted by atomic mass is 15.2. The van der Waals surface area contributed by atoms with Crippen LogP contribution in [0.25, 0.3) is 22.0 Å².